The van der Waals surface area contributed by atoms with Gasteiger partial charge < -0.3 is 8.82 Å². The molecular formula is C58H31NO3. The van der Waals surface area contributed by atoms with Crippen molar-refractivity contribution in [1.82, 2.24) is 4.40 Å². The van der Waals surface area contributed by atoms with Crippen LogP contribution in [0.4, 0.5) is 0 Å². The summed E-state index contributed by atoms with van der Waals surface area (Å²) in [6.45, 7) is 0. The highest BCUT2D eigenvalue weighted by Crippen LogP contribution is 2.56. The molecule has 0 amide bonds. The van der Waals surface area contributed by atoms with Gasteiger partial charge in [-0.25, -0.2) is 0 Å². The van der Waals surface area contributed by atoms with Crippen molar-refractivity contribution in [2.75, 3.05) is 0 Å². The molecule has 0 atom stereocenters. The summed E-state index contributed by atoms with van der Waals surface area (Å²) in [5.41, 5.74) is 17.4. The van der Waals surface area contributed by atoms with Crippen LogP contribution in [0, 0.1) is 0 Å². The van der Waals surface area contributed by atoms with E-state index in [0.29, 0.717) is 0 Å². The van der Waals surface area contributed by atoms with Crippen LogP contribution in [0.25, 0.3) is 70.8 Å². The van der Waals surface area contributed by atoms with Gasteiger partial charge in [-0.1, -0.05) is 127 Å². The number of rotatable bonds is 0. The summed E-state index contributed by atoms with van der Waals surface area (Å²) in [6.07, 6.45) is 0. The van der Waals surface area contributed by atoms with Crippen LogP contribution >= 0.6 is 0 Å². The molecule has 62 heavy (non-hydrogen) atoms. The van der Waals surface area contributed by atoms with Gasteiger partial charge in [0.05, 0.1) is 33.8 Å². The standard InChI is InChI=1S/C58H31NO3/c60-56-42-26-46-38(23-39(42)50-29-13-1-5-17-33(29)52(56)34-18-6-2-14-30(34)50)41-25-44-37-21-9-11-28-12-10-22-48(49(28)37)62-58(44)54-45-24-40-43(27-47(45)59(46)55(41)54)57(61)53-35-19-7-3-15-31(35)51(40)32-16-4-8-20-36(32)53/h1-27,50-53H. The molecule has 286 valence electrons. The molecule has 0 N–H and O–H groups in total. The summed E-state index contributed by atoms with van der Waals surface area (Å²) >= 11 is 0. The molecule has 0 radical (unpaired) electrons. The first-order chi connectivity index (χ1) is 30.6. The van der Waals surface area contributed by atoms with Crippen molar-refractivity contribution in [3.8, 4) is 0 Å². The van der Waals surface area contributed by atoms with E-state index in [1.165, 1.54) is 22.3 Å². The second-order valence-corrected chi connectivity index (χ2v) is 18.0. The van der Waals surface area contributed by atoms with Crippen LogP contribution in [0.1, 0.15) is 100 Å². The van der Waals surface area contributed by atoms with Crippen molar-refractivity contribution in [1.29, 1.82) is 0 Å². The number of hydrogen-bond donors (Lipinski definition) is 0. The average molecular weight is 790 g/mol. The number of benzene rings is 9. The highest BCUT2D eigenvalue weighted by atomic mass is 16.3. The summed E-state index contributed by atoms with van der Waals surface area (Å²) in [6, 6.07) is 58.3. The molecule has 6 aliphatic carbocycles. The van der Waals surface area contributed by atoms with Gasteiger partial charge in [0, 0.05) is 49.9 Å². The SMILES string of the molecule is O=C1c2cc3c(cc2C2c4ccccc4C1c1ccccc12)c1cc2c4cccc5cccc(oc2c2c6cc7c(cc6n3c12)C(=O)C1c2ccccc2C7c2ccccc21)c54. The lowest BCUT2D eigenvalue weighted by Crippen LogP contribution is -2.19. The highest BCUT2D eigenvalue weighted by Gasteiger charge is 2.45. The molecule has 0 saturated heterocycles. The highest BCUT2D eigenvalue weighted by molar-refractivity contribution is 6.34. The smallest absolute Gasteiger partial charge is 0.175 e. The molecule has 4 bridgehead atoms. The molecule has 4 nitrogen and oxygen atoms in total. The van der Waals surface area contributed by atoms with Gasteiger partial charge in [0.2, 0.25) is 0 Å². The lowest BCUT2D eigenvalue weighted by Gasteiger charge is -2.30. The predicted octanol–water partition coefficient (Wildman–Crippen LogP) is 13.5. The zero-order chi connectivity index (χ0) is 40.3. The number of carbonyl (C=O) groups is 2. The van der Waals surface area contributed by atoms with E-state index in [1.54, 1.807) is 0 Å². The van der Waals surface area contributed by atoms with Crippen molar-refractivity contribution in [3.05, 3.63) is 231 Å². The number of carbonyl (C=O) groups excluding carboxylic acids is 2. The maximum Gasteiger partial charge on any atom is 0.175 e. The van der Waals surface area contributed by atoms with E-state index in [-0.39, 0.29) is 35.2 Å². The van der Waals surface area contributed by atoms with Crippen LogP contribution in [-0.4, -0.2) is 16.0 Å². The monoisotopic (exact) mass is 789 g/mol. The second-order valence-electron chi connectivity index (χ2n) is 18.0. The molecule has 4 heteroatoms. The van der Waals surface area contributed by atoms with E-state index in [4.69, 9.17) is 4.42 Å². The number of aromatic nitrogens is 1. The lowest BCUT2D eigenvalue weighted by molar-refractivity contribution is 0.0966. The number of nitrogens with zero attached hydrogens (tertiary/aromatic N) is 1. The Bertz CT molecular complexity index is 4020. The molecule has 3 aromatic heterocycles. The van der Waals surface area contributed by atoms with Gasteiger partial charge in [-0.3, -0.25) is 9.59 Å². The van der Waals surface area contributed by atoms with Crippen LogP contribution in [0.15, 0.2) is 168 Å². The zero-order valence-corrected chi connectivity index (χ0v) is 33.1. The van der Waals surface area contributed by atoms with Crippen LogP contribution in [0.2, 0.25) is 0 Å². The van der Waals surface area contributed by atoms with Crippen LogP contribution < -0.4 is 0 Å². The number of Topliss-reactive ketones (excluding diaryl/α,β-unsaturated/α-hetero) is 2. The normalized spacial score (nSPS) is 19.4. The van der Waals surface area contributed by atoms with Gasteiger partial charge in [0.1, 0.15) is 11.2 Å². The summed E-state index contributed by atoms with van der Waals surface area (Å²) < 4.78 is 9.50. The van der Waals surface area contributed by atoms with E-state index < -0.39 is 0 Å². The molecule has 18 rings (SSSR count). The maximum absolute atomic E-state index is 15.3. The predicted molar refractivity (Wildman–Crippen MR) is 246 cm³/mol. The number of fused-ring (bicyclic) bond motifs is 9. The van der Waals surface area contributed by atoms with Gasteiger partial charge in [-0.2, -0.15) is 0 Å². The van der Waals surface area contributed by atoms with Crippen LogP contribution in [-0.2, 0) is 0 Å². The van der Waals surface area contributed by atoms with E-state index >= 15 is 9.59 Å². The fraction of sp³-hybridized carbons (Fsp3) is 0.0690. The van der Waals surface area contributed by atoms with E-state index in [2.05, 4.69) is 168 Å². The van der Waals surface area contributed by atoms with E-state index in [1.807, 2.05) is 0 Å². The molecule has 0 spiro atoms. The van der Waals surface area contributed by atoms with Gasteiger partial charge in [0.15, 0.2) is 11.6 Å². The summed E-state index contributed by atoms with van der Waals surface area (Å²) in [7, 11) is 0. The maximum atomic E-state index is 15.3. The summed E-state index contributed by atoms with van der Waals surface area (Å²) in [5.74, 6) is -0.682. The summed E-state index contributed by atoms with van der Waals surface area (Å²) in [5, 5.41) is 8.72. The Morgan fingerprint density at radius 3 is 1.37 bits per heavy atom. The largest absolute Gasteiger partial charge is 0.455 e. The Morgan fingerprint density at radius 2 is 0.839 bits per heavy atom. The van der Waals surface area contributed by atoms with E-state index in [0.717, 1.165) is 115 Å². The number of hydrogen-bond acceptors (Lipinski definition) is 3. The van der Waals surface area contributed by atoms with Crippen molar-refractivity contribution in [2.24, 2.45) is 0 Å². The number of ketones is 2. The zero-order valence-electron chi connectivity index (χ0n) is 33.1. The minimum absolute atomic E-state index is 0.0775. The molecule has 0 aliphatic heterocycles. The molecule has 0 fully saturated rings. The fourth-order valence-corrected chi connectivity index (χ4v) is 13.0. The lowest BCUT2D eigenvalue weighted by atomic mass is 9.72. The Morgan fingerprint density at radius 1 is 0.371 bits per heavy atom. The topological polar surface area (TPSA) is 51.7 Å². The van der Waals surface area contributed by atoms with Crippen molar-refractivity contribution in [3.63, 3.8) is 0 Å². The third kappa shape index (κ3) is 3.55. The summed E-state index contributed by atoms with van der Waals surface area (Å²) in [4.78, 5) is 30.6. The van der Waals surface area contributed by atoms with Gasteiger partial charge >= 0.3 is 0 Å². The third-order valence-electron chi connectivity index (χ3n) is 15.4. The van der Waals surface area contributed by atoms with Crippen LogP contribution in [0.5, 0.6) is 0 Å². The minimum atomic E-state index is -0.386. The van der Waals surface area contributed by atoms with Gasteiger partial charge in [0.25, 0.3) is 0 Å². The quantitative estimate of drug-likeness (QED) is 0.114. The Kier molecular flexibility index (Phi) is 5.54. The van der Waals surface area contributed by atoms with Crippen molar-refractivity contribution < 1.29 is 14.0 Å². The molecule has 0 saturated carbocycles. The first-order valence-corrected chi connectivity index (χ1v) is 21.6. The molecular weight excluding hydrogens is 759 g/mol. The fourth-order valence-electron chi connectivity index (χ4n) is 13.0. The molecule has 9 aromatic carbocycles. The first kappa shape index (κ1) is 32.0. The van der Waals surface area contributed by atoms with Gasteiger partial charge in [-0.15, -0.1) is 0 Å². The Labute approximate surface area is 353 Å². The molecule has 6 aliphatic rings. The molecule has 0 unspecified atom stereocenters. The molecule has 3 heterocycles. The van der Waals surface area contributed by atoms with Crippen molar-refractivity contribution >= 4 is 82.4 Å². The third-order valence-corrected chi connectivity index (χ3v) is 15.4. The van der Waals surface area contributed by atoms with E-state index in [9.17, 15) is 0 Å². The molecule has 12 aromatic rings. The van der Waals surface area contributed by atoms with Crippen LogP contribution in [0.3, 0.4) is 0 Å². The second kappa shape index (κ2) is 10.7. The minimum Gasteiger partial charge on any atom is -0.455 e. The Balaban J connectivity index is 1.10. The van der Waals surface area contributed by atoms with Gasteiger partial charge in [-0.05, 0) is 103 Å². The first-order valence-electron chi connectivity index (χ1n) is 21.6. The van der Waals surface area contributed by atoms with Crippen molar-refractivity contribution in [2.45, 2.75) is 23.7 Å². The Hall–Kier alpha value is -7.82. The average Bonchev–Trinajstić information content (AvgIpc) is 3.67.